The normalized spacial score (nSPS) is 11.2. The molecule has 0 atom stereocenters. The number of nitrogen functional groups attached to an aromatic ring is 1. The van der Waals surface area contributed by atoms with Crippen molar-refractivity contribution in [2.24, 2.45) is 0 Å². The lowest BCUT2D eigenvalue weighted by Crippen LogP contribution is -2.11. The van der Waals surface area contributed by atoms with Gasteiger partial charge < -0.3 is 28.7 Å². The van der Waals surface area contributed by atoms with Gasteiger partial charge in [-0.2, -0.15) is 73.1 Å². The van der Waals surface area contributed by atoms with E-state index in [1.54, 1.807) is 48.7 Å². The number of hydrogen-bond donors (Lipinski definition) is 3. The summed E-state index contributed by atoms with van der Waals surface area (Å²) in [6, 6.07) is 30.8. The van der Waals surface area contributed by atoms with E-state index in [2.05, 4.69) is 51.7 Å². The molecule has 37 heteroatoms. The van der Waals surface area contributed by atoms with Gasteiger partial charge in [0.2, 0.25) is 11.5 Å². The van der Waals surface area contributed by atoms with Crippen molar-refractivity contribution >= 4 is 44.7 Å². The zero-order valence-corrected chi connectivity index (χ0v) is 51.0. The van der Waals surface area contributed by atoms with Crippen molar-refractivity contribution in [3.63, 3.8) is 0 Å². The number of carboxylic acid groups (broad SMARTS) is 1. The van der Waals surface area contributed by atoms with Crippen LogP contribution in [0.15, 0.2) is 213 Å². The van der Waals surface area contributed by atoms with Gasteiger partial charge in [0.05, 0.1) is 88.5 Å². The Morgan fingerprint density at radius 1 is 0.520 bits per heavy atom. The second-order valence-electron chi connectivity index (χ2n) is 19.7. The Balaban J connectivity index is 0.000000173. The standard InChI is InChI=1S/C20H14F3N3O3.C11H8F3N3O2.C11H10F3N3.C8H6BrF3.C8H5NO4.C3H3N3O2/c21-20(22,23)15-5-2-1-4-14(15)12-26-11-13(10-24-26)8-17(27)16-9-19(29-25-16)18-6-3-7-28-18;12-11(13,14)10-4-2-1-3-8(10)6-16-7-9(5-15-16)17(18)19;12-11(13,14)10-4-2-1-3-8(10)6-17-7-9(15)5-16-17;9-5-6-3-1-2-4-7(6)8(10,11)12;10-8(11)5-4-7(13-9-5)6-2-1-3-12-6;7-6(8)3-1-4-5-2-3/h1-7,9-11H,8,12H2;1-5,7H,6H2;1-5,7H,6,15H2;1-4H,5H2;1-4H,(H,10,11);1-2H,(H,4,5). The number of H-pyrrole nitrogens is 1. The number of carbonyl (C=O) groups is 2. The summed E-state index contributed by atoms with van der Waals surface area (Å²) in [6.45, 7) is -0.188. The van der Waals surface area contributed by atoms with E-state index in [1.165, 1.54) is 113 Å². The molecule has 0 saturated heterocycles. The van der Waals surface area contributed by atoms with Crippen molar-refractivity contribution in [2.45, 2.75) is 56.1 Å². The van der Waals surface area contributed by atoms with Crippen LogP contribution >= 0.6 is 15.9 Å². The zero-order chi connectivity index (χ0) is 71.4. The lowest BCUT2D eigenvalue weighted by molar-refractivity contribution is -0.385. The first-order valence-corrected chi connectivity index (χ1v) is 28.5. The van der Waals surface area contributed by atoms with Crippen molar-refractivity contribution in [2.75, 3.05) is 5.73 Å². The molecule has 12 rings (SSSR count). The number of alkyl halides is 13. The molecule has 0 unspecified atom stereocenters. The molecule has 0 aliphatic carbocycles. The quantitative estimate of drug-likeness (QED) is 0.0282. The molecule has 8 aromatic heterocycles. The van der Waals surface area contributed by atoms with Gasteiger partial charge in [-0.15, -0.1) is 0 Å². The van der Waals surface area contributed by atoms with Gasteiger partial charge in [-0.25, -0.2) is 4.79 Å². The third kappa shape index (κ3) is 21.6. The molecule has 24 nitrogen and oxygen atoms in total. The van der Waals surface area contributed by atoms with Crippen LogP contribution < -0.4 is 5.73 Å². The molecule has 8 heterocycles. The van der Waals surface area contributed by atoms with Gasteiger partial charge in [0.1, 0.15) is 18.6 Å². The fourth-order valence-corrected chi connectivity index (χ4v) is 8.79. The lowest BCUT2D eigenvalue weighted by atomic mass is 10.1. The average molecular weight is 1440 g/mol. The van der Waals surface area contributed by atoms with Crippen molar-refractivity contribution in [1.29, 1.82) is 0 Å². The second-order valence-corrected chi connectivity index (χ2v) is 20.2. The number of nitrogens with two attached hydrogens (primary N) is 1. The highest BCUT2D eigenvalue weighted by Gasteiger charge is 2.36. The van der Waals surface area contributed by atoms with Gasteiger partial charge >= 0.3 is 42.0 Å². The van der Waals surface area contributed by atoms with Crippen molar-refractivity contribution in [3.8, 4) is 23.0 Å². The van der Waals surface area contributed by atoms with Gasteiger partial charge in [-0.1, -0.05) is 99.0 Å². The number of nitrogens with zero attached hydrogens (tertiary/aromatic N) is 11. The highest BCUT2D eigenvalue weighted by atomic mass is 79.9. The summed E-state index contributed by atoms with van der Waals surface area (Å²) in [6.07, 6.45) is -4.22. The number of rotatable bonds is 15. The fraction of sp³-hybridized carbons (Fsp3) is 0.148. The number of aromatic carboxylic acids is 1. The number of Topliss-reactive ketones (excluding diaryl/α,β-unsaturated/α-hetero) is 1. The highest BCUT2D eigenvalue weighted by Crippen LogP contribution is 2.36. The number of benzene rings is 4. The van der Waals surface area contributed by atoms with Crippen molar-refractivity contribution in [3.05, 3.63) is 277 Å². The summed E-state index contributed by atoms with van der Waals surface area (Å²) in [4.78, 5) is 42.0. The molecule has 0 fully saturated rings. The number of halogens is 13. The summed E-state index contributed by atoms with van der Waals surface area (Å²) in [5.41, 5.74) is 4.02. The molecule has 0 saturated carbocycles. The molecule has 12 aromatic rings. The minimum atomic E-state index is -4.46. The molecule has 4 N–H and O–H groups in total. The Labute approximate surface area is 549 Å². The molecular weight excluding hydrogens is 1400 g/mol. The van der Waals surface area contributed by atoms with Gasteiger partial charge in [0.25, 0.3) is 0 Å². The third-order valence-corrected chi connectivity index (χ3v) is 13.3. The highest BCUT2D eigenvalue weighted by molar-refractivity contribution is 9.08. The molecule has 0 radical (unpaired) electrons. The number of furan rings is 2. The van der Waals surface area contributed by atoms with E-state index in [-0.39, 0.29) is 82.2 Å². The Morgan fingerprint density at radius 3 is 1.29 bits per heavy atom. The summed E-state index contributed by atoms with van der Waals surface area (Å²) >= 11 is 3.00. The third-order valence-electron chi connectivity index (χ3n) is 12.7. The summed E-state index contributed by atoms with van der Waals surface area (Å²) < 4.78 is 176. The molecule has 0 amide bonds. The molecular formula is C61H46BrF12N13O11. The second kappa shape index (κ2) is 33.0. The summed E-state index contributed by atoms with van der Waals surface area (Å²) in [7, 11) is 0. The van der Waals surface area contributed by atoms with Crippen LogP contribution in [0.1, 0.15) is 71.0 Å². The topological polar surface area (TPSA) is 327 Å². The number of carboxylic acids is 1. The van der Waals surface area contributed by atoms with E-state index in [4.69, 9.17) is 28.7 Å². The van der Waals surface area contributed by atoms with E-state index in [0.717, 1.165) is 47.5 Å². The minimum absolute atomic E-state index is 0.00741. The Hall–Kier alpha value is -11.9. The molecule has 0 aliphatic rings. The van der Waals surface area contributed by atoms with Gasteiger partial charge in [-0.3, -0.25) is 44.2 Å². The first-order chi connectivity index (χ1) is 46.4. The largest absolute Gasteiger partial charge is 0.476 e. The molecule has 0 spiro atoms. The van der Waals surface area contributed by atoms with Crippen LogP contribution in [-0.4, -0.2) is 76.6 Å². The molecule has 512 valence electrons. The lowest BCUT2D eigenvalue weighted by Gasteiger charge is -2.12. The van der Waals surface area contributed by atoms with E-state index in [9.17, 15) is 82.5 Å². The van der Waals surface area contributed by atoms with Gasteiger partial charge in [0, 0.05) is 36.3 Å². The molecule has 0 aliphatic heterocycles. The Kier molecular flexibility index (Phi) is 24.7. The van der Waals surface area contributed by atoms with E-state index >= 15 is 0 Å². The van der Waals surface area contributed by atoms with Crippen molar-refractivity contribution in [1.82, 2.24) is 49.9 Å². The molecule has 98 heavy (non-hydrogen) atoms. The van der Waals surface area contributed by atoms with Crippen LogP contribution in [0, 0.1) is 20.2 Å². The number of nitrogens with one attached hydrogen (secondary N) is 1. The number of nitro groups is 2. The predicted octanol–water partition coefficient (Wildman–Crippen LogP) is 15.6. The average Bonchev–Trinajstić information content (AvgIpc) is 1.46. The number of aromatic amines is 1. The zero-order valence-electron chi connectivity index (χ0n) is 49.5. The molecule has 4 aromatic carbocycles. The van der Waals surface area contributed by atoms with Gasteiger partial charge in [-0.05, 0) is 76.3 Å². The maximum atomic E-state index is 13.1. The number of hydrogen-bond acceptors (Lipinski definition) is 17. The van der Waals surface area contributed by atoms with E-state index in [0.29, 0.717) is 34.3 Å². The smallest absolute Gasteiger partial charge is 0.416 e. The Morgan fingerprint density at radius 2 is 0.929 bits per heavy atom. The van der Waals surface area contributed by atoms with E-state index < -0.39 is 62.8 Å². The SMILES string of the molecule is FC(F)(F)c1ccccc1CBr.Nc1cnn(Cc2ccccc2C(F)(F)F)c1.O=C(Cc1cnn(Cc2ccccc2C(F)(F)F)c1)c1cc(-c2ccco2)on1.O=C(O)c1cc(-c2ccco2)on1.O=[N+]([O-])c1cn[nH]c1.O=[N+]([O-])c1cnn(Cc2ccccc2C(F)(F)F)c1. The Bertz CT molecular complexity index is 4520. The molecule has 0 bridgehead atoms. The first-order valence-electron chi connectivity index (χ1n) is 27.4. The predicted molar refractivity (Wildman–Crippen MR) is 322 cm³/mol. The van der Waals surface area contributed by atoms with Crippen LogP contribution in [0.5, 0.6) is 0 Å². The summed E-state index contributed by atoms with van der Waals surface area (Å²) in [5.74, 6) is 0.122. The van der Waals surface area contributed by atoms with Crippen LogP contribution in [0.3, 0.4) is 0 Å². The van der Waals surface area contributed by atoms with Gasteiger partial charge in [0.15, 0.2) is 28.7 Å². The number of aromatic nitrogens is 10. The van der Waals surface area contributed by atoms with Crippen LogP contribution in [0.25, 0.3) is 23.0 Å². The van der Waals surface area contributed by atoms with E-state index in [1.807, 2.05) is 0 Å². The number of anilines is 1. The maximum absolute atomic E-state index is 13.1. The minimum Gasteiger partial charge on any atom is -0.476 e. The summed E-state index contributed by atoms with van der Waals surface area (Å²) in [5, 5.41) is 53.4. The van der Waals surface area contributed by atoms with Crippen molar-refractivity contribution < 1.29 is 95.1 Å². The maximum Gasteiger partial charge on any atom is 0.416 e. The van der Waals surface area contributed by atoms with Crippen LogP contribution in [-0.2, 0) is 56.1 Å². The van der Waals surface area contributed by atoms with Crippen LogP contribution in [0.2, 0.25) is 0 Å². The number of ketones is 1. The number of carbonyl (C=O) groups excluding carboxylic acids is 1. The monoisotopic (exact) mass is 1440 g/mol. The fourth-order valence-electron chi connectivity index (χ4n) is 8.30. The first kappa shape index (κ1) is 73.5. The van der Waals surface area contributed by atoms with Crippen LogP contribution in [0.4, 0.5) is 69.7 Å².